The number of rotatable bonds is 5. The number of nitrogens with one attached hydrogen (secondary N) is 3. The molecule has 2 aromatic rings. The Morgan fingerprint density at radius 1 is 1.47 bits per heavy atom. The number of nitrogens with two attached hydrogens (primary N) is 1. The maximum atomic E-state index is 12.2. The van der Waals surface area contributed by atoms with E-state index in [4.69, 9.17) is 15.6 Å². The Balaban J connectivity index is 1.74. The van der Waals surface area contributed by atoms with Crippen LogP contribution >= 0.6 is 0 Å². The van der Waals surface area contributed by atoms with Gasteiger partial charge in [-0.25, -0.2) is 5.43 Å². The van der Waals surface area contributed by atoms with E-state index in [0.717, 1.165) is 22.9 Å². The maximum Gasteiger partial charge on any atom is 0.290 e. The molecule has 5 N–H and O–H groups in total. The number of benzene rings is 1. The molecule has 2 aliphatic rings. The monoisotopic (exact) mass is 434 g/mol. The van der Waals surface area contributed by atoms with Gasteiger partial charge < -0.3 is 20.4 Å². The van der Waals surface area contributed by atoms with Crippen LogP contribution in [0, 0.1) is 25.2 Å². The number of nitrogens with zero attached hydrogens (tertiary/aromatic N) is 2. The van der Waals surface area contributed by atoms with Crippen molar-refractivity contribution >= 4 is 40.0 Å². The van der Waals surface area contributed by atoms with E-state index < -0.39 is 5.91 Å². The molecule has 9 nitrogen and oxygen atoms in total. The van der Waals surface area contributed by atoms with Crippen molar-refractivity contribution in [1.82, 2.24) is 15.6 Å². The molecule has 1 aromatic carbocycles. The summed E-state index contributed by atoms with van der Waals surface area (Å²) < 4.78 is 6.16. The second-order valence-corrected chi connectivity index (χ2v) is 8.14. The van der Waals surface area contributed by atoms with Crippen LogP contribution < -0.4 is 16.5 Å². The summed E-state index contributed by atoms with van der Waals surface area (Å²) in [4.78, 5) is 25.8. The van der Waals surface area contributed by atoms with Gasteiger partial charge in [-0.1, -0.05) is 18.2 Å². The zero-order chi connectivity index (χ0) is 23.0. The van der Waals surface area contributed by atoms with Crippen LogP contribution in [0.3, 0.4) is 0 Å². The highest BCUT2D eigenvalue weighted by atomic mass is 16.3. The average Bonchev–Trinajstić information content (AvgIpc) is 3.38. The van der Waals surface area contributed by atoms with Gasteiger partial charge in [0.1, 0.15) is 11.3 Å². The number of aryl methyl sites for hydroxylation is 2. The number of amidine groups is 1. The molecule has 1 atom stereocenters. The molecule has 4 rings (SSSR count). The SMILES string of the molecule is C=CC(=O)N1CCC(CN/C(=C2\C(=N)C(=O)NN=C2N)c2oc3ccc(C)cc3c2C)C1. The van der Waals surface area contributed by atoms with Gasteiger partial charge in [0.2, 0.25) is 5.91 Å². The molecule has 1 saturated heterocycles. The maximum absolute atomic E-state index is 12.2. The summed E-state index contributed by atoms with van der Waals surface area (Å²) in [5.74, 6) is 0.00264. The minimum Gasteiger partial charge on any atom is -0.454 e. The number of hydrogen-bond acceptors (Lipinski definition) is 7. The largest absolute Gasteiger partial charge is 0.454 e. The van der Waals surface area contributed by atoms with Crippen molar-refractivity contribution in [2.45, 2.75) is 20.3 Å². The highest BCUT2D eigenvalue weighted by Crippen LogP contribution is 2.32. The Bertz CT molecular complexity index is 1210. The molecule has 2 amide bonds. The number of likely N-dealkylation sites (tertiary alicyclic amines) is 1. The van der Waals surface area contributed by atoms with Gasteiger partial charge in [0.25, 0.3) is 5.91 Å². The third-order valence-corrected chi connectivity index (χ3v) is 5.92. The molecule has 0 saturated carbocycles. The van der Waals surface area contributed by atoms with E-state index in [1.54, 1.807) is 4.90 Å². The van der Waals surface area contributed by atoms with Crippen LogP contribution in [0.15, 0.2) is 45.9 Å². The first-order chi connectivity index (χ1) is 15.3. The van der Waals surface area contributed by atoms with E-state index in [0.29, 0.717) is 36.7 Å². The van der Waals surface area contributed by atoms with Crippen molar-refractivity contribution in [3.05, 3.63) is 53.3 Å². The van der Waals surface area contributed by atoms with Crippen LogP contribution in [-0.4, -0.2) is 47.9 Å². The van der Waals surface area contributed by atoms with Crippen LogP contribution in [0.4, 0.5) is 0 Å². The van der Waals surface area contributed by atoms with E-state index >= 15 is 0 Å². The van der Waals surface area contributed by atoms with Gasteiger partial charge in [0.05, 0.1) is 11.3 Å². The van der Waals surface area contributed by atoms with E-state index in [1.807, 2.05) is 32.0 Å². The van der Waals surface area contributed by atoms with Crippen molar-refractivity contribution < 1.29 is 14.0 Å². The summed E-state index contributed by atoms with van der Waals surface area (Å²) in [6, 6.07) is 5.90. The fourth-order valence-corrected chi connectivity index (χ4v) is 4.15. The standard InChI is InChI=1S/C23H26N6O3/c1-4-17(30)29-8-7-14(11-29)10-26-20(18-19(24)23(31)28-27-22(18)25)21-13(3)15-9-12(2)5-6-16(15)32-21/h4-6,9,14,24,26H,1,7-8,10-11H2,2-3H3,(H2,25,27)(H,28,31)/b20-18+,24-19?. The van der Waals surface area contributed by atoms with E-state index in [9.17, 15) is 9.59 Å². The molecule has 0 spiro atoms. The summed E-state index contributed by atoms with van der Waals surface area (Å²) in [5, 5.41) is 16.5. The lowest BCUT2D eigenvalue weighted by Crippen LogP contribution is -2.42. The Morgan fingerprint density at radius 2 is 2.25 bits per heavy atom. The molecular weight excluding hydrogens is 408 g/mol. The molecule has 1 aromatic heterocycles. The van der Waals surface area contributed by atoms with Crippen LogP contribution in [0.25, 0.3) is 16.7 Å². The number of carbonyl (C=O) groups excluding carboxylic acids is 2. The van der Waals surface area contributed by atoms with E-state index in [-0.39, 0.29) is 28.9 Å². The first-order valence-corrected chi connectivity index (χ1v) is 10.4. The van der Waals surface area contributed by atoms with Crippen molar-refractivity contribution in [2.24, 2.45) is 16.8 Å². The molecule has 0 bridgehead atoms. The number of amides is 2. The highest BCUT2D eigenvalue weighted by molar-refractivity contribution is 6.53. The van der Waals surface area contributed by atoms with Gasteiger partial charge in [-0.3, -0.25) is 15.0 Å². The number of hydrazone groups is 1. The van der Waals surface area contributed by atoms with Gasteiger partial charge in [-0.15, -0.1) is 0 Å². The molecule has 166 valence electrons. The van der Waals surface area contributed by atoms with E-state index in [1.165, 1.54) is 6.08 Å². The van der Waals surface area contributed by atoms with Crippen molar-refractivity contribution in [1.29, 1.82) is 5.41 Å². The summed E-state index contributed by atoms with van der Waals surface area (Å²) >= 11 is 0. The Labute approximate surface area is 185 Å². The van der Waals surface area contributed by atoms with Crippen LogP contribution in [0.5, 0.6) is 0 Å². The number of fused-ring (bicyclic) bond motifs is 1. The molecule has 3 heterocycles. The minimum atomic E-state index is -0.637. The quantitative estimate of drug-likeness (QED) is 0.532. The summed E-state index contributed by atoms with van der Waals surface area (Å²) in [6.45, 7) is 9.26. The van der Waals surface area contributed by atoms with Gasteiger partial charge in [0, 0.05) is 30.6 Å². The molecule has 0 radical (unpaired) electrons. The van der Waals surface area contributed by atoms with Crippen molar-refractivity contribution in [3.8, 4) is 0 Å². The summed E-state index contributed by atoms with van der Waals surface area (Å²) in [5.41, 5.74) is 11.4. The Morgan fingerprint density at radius 3 is 3.00 bits per heavy atom. The number of furan rings is 1. The molecule has 1 fully saturated rings. The second kappa shape index (κ2) is 8.33. The molecule has 0 aliphatic carbocycles. The van der Waals surface area contributed by atoms with Crippen LogP contribution in [-0.2, 0) is 9.59 Å². The second-order valence-electron chi connectivity index (χ2n) is 8.14. The predicted octanol–water partition coefficient (Wildman–Crippen LogP) is 1.81. The lowest BCUT2D eigenvalue weighted by Gasteiger charge is -2.21. The van der Waals surface area contributed by atoms with Crippen molar-refractivity contribution in [3.63, 3.8) is 0 Å². The van der Waals surface area contributed by atoms with Crippen molar-refractivity contribution in [2.75, 3.05) is 19.6 Å². The first-order valence-electron chi connectivity index (χ1n) is 10.4. The predicted molar refractivity (Wildman–Crippen MR) is 123 cm³/mol. The zero-order valence-corrected chi connectivity index (χ0v) is 18.1. The van der Waals surface area contributed by atoms with Gasteiger partial charge >= 0.3 is 0 Å². The molecule has 1 unspecified atom stereocenters. The number of carbonyl (C=O) groups is 2. The van der Waals surface area contributed by atoms with Gasteiger partial charge in [-0.05, 0) is 44.4 Å². The first kappa shape index (κ1) is 21.4. The van der Waals surface area contributed by atoms with Gasteiger partial charge in [0.15, 0.2) is 11.6 Å². The normalized spacial score (nSPS) is 20.2. The van der Waals surface area contributed by atoms with Crippen LogP contribution in [0.1, 0.15) is 23.3 Å². The van der Waals surface area contributed by atoms with E-state index in [2.05, 4.69) is 22.4 Å². The molecule has 9 heteroatoms. The molecular formula is C23H26N6O3. The smallest absolute Gasteiger partial charge is 0.290 e. The Hall–Kier alpha value is -3.88. The number of hydrogen-bond donors (Lipinski definition) is 4. The zero-order valence-electron chi connectivity index (χ0n) is 18.1. The summed E-state index contributed by atoms with van der Waals surface area (Å²) in [7, 11) is 0. The third-order valence-electron chi connectivity index (χ3n) is 5.92. The summed E-state index contributed by atoms with van der Waals surface area (Å²) in [6.07, 6.45) is 2.15. The molecule has 2 aliphatic heterocycles. The minimum absolute atomic E-state index is 0.0306. The van der Waals surface area contributed by atoms with Gasteiger partial charge in [-0.2, -0.15) is 5.10 Å². The highest BCUT2D eigenvalue weighted by Gasteiger charge is 2.31. The Kier molecular flexibility index (Phi) is 5.56. The fraction of sp³-hybridized carbons (Fsp3) is 0.304. The average molecular weight is 435 g/mol. The fourth-order valence-electron chi connectivity index (χ4n) is 4.15. The topological polar surface area (TPSA) is 137 Å². The van der Waals surface area contributed by atoms with Crippen LogP contribution in [0.2, 0.25) is 0 Å². The lowest BCUT2D eigenvalue weighted by molar-refractivity contribution is -0.125. The third kappa shape index (κ3) is 3.77. The lowest BCUT2D eigenvalue weighted by atomic mass is 10.00. The molecule has 32 heavy (non-hydrogen) atoms.